The molecule has 3 amide bonds. The van der Waals surface area contributed by atoms with Crippen molar-refractivity contribution in [3.8, 4) is 0 Å². The summed E-state index contributed by atoms with van der Waals surface area (Å²) in [6.45, 7) is 3.61. The van der Waals surface area contributed by atoms with Gasteiger partial charge in [-0.1, -0.05) is 6.07 Å². The molecule has 0 aliphatic heterocycles. The van der Waals surface area contributed by atoms with Crippen molar-refractivity contribution in [1.82, 2.24) is 25.0 Å². The molecule has 2 rings (SSSR count). The Balaban J connectivity index is 1.94. The van der Waals surface area contributed by atoms with Crippen molar-refractivity contribution in [2.75, 3.05) is 19.4 Å². The van der Waals surface area contributed by atoms with E-state index >= 15 is 0 Å². The molecule has 2 aromatic rings. The molecule has 2 N–H and O–H groups in total. The second kappa shape index (κ2) is 7.73. The highest BCUT2D eigenvalue weighted by molar-refractivity contribution is 5.87. The van der Waals surface area contributed by atoms with Crippen LogP contribution in [0.25, 0.3) is 0 Å². The highest BCUT2D eigenvalue weighted by Gasteiger charge is 2.14. The van der Waals surface area contributed by atoms with Crippen molar-refractivity contribution < 1.29 is 14.0 Å². The fourth-order valence-corrected chi connectivity index (χ4v) is 2.25. The number of rotatable bonds is 5. The molecule has 0 aliphatic rings. The van der Waals surface area contributed by atoms with Gasteiger partial charge in [-0.3, -0.25) is 10.1 Å². The van der Waals surface area contributed by atoms with Gasteiger partial charge in [0.15, 0.2) is 0 Å². The average molecular weight is 348 g/mol. The Kier molecular flexibility index (Phi) is 5.68. The van der Waals surface area contributed by atoms with Gasteiger partial charge in [-0.05, 0) is 37.1 Å². The first-order valence-corrected chi connectivity index (χ1v) is 7.69. The van der Waals surface area contributed by atoms with Gasteiger partial charge in [0.2, 0.25) is 11.9 Å². The Morgan fingerprint density at radius 2 is 2.08 bits per heavy atom. The molecule has 9 heteroatoms. The molecule has 0 aliphatic carbocycles. The van der Waals surface area contributed by atoms with Gasteiger partial charge in [0.25, 0.3) is 0 Å². The third-order valence-electron chi connectivity index (χ3n) is 3.60. The third-order valence-corrected chi connectivity index (χ3v) is 3.60. The van der Waals surface area contributed by atoms with E-state index in [1.807, 2.05) is 0 Å². The Morgan fingerprint density at radius 3 is 2.72 bits per heavy atom. The van der Waals surface area contributed by atoms with E-state index in [9.17, 15) is 14.0 Å². The summed E-state index contributed by atoms with van der Waals surface area (Å²) in [4.78, 5) is 29.0. The van der Waals surface area contributed by atoms with Crippen LogP contribution in [0.15, 0.2) is 24.5 Å². The Labute approximate surface area is 145 Å². The van der Waals surface area contributed by atoms with Crippen LogP contribution in [-0.4, -0.2) is 45.7 Å². The molecule has 0 spiro atoms. The van der Waals surface area contributed by atoms with Gasteiger partial charge < -0.3 is 10.2 Å². The molecule has 8 nitrogen and oxygen atoms in total. The molecular weight excluding hydrogens is 327 g/mol. The molecule has 1 aromatic carbocycles. The summed E-state index contributed by atoms with van der Waals surface area (Å²) in [5, 5.41) is 9.26. The van der Waals surface area contributed by atoms with Crippen LogP contribution in [-0.2, 0) is 11.3 Å². The first-order chi connectivity index (χ1) is 11.8. The van der Waals surface area contributed by atoms with Crippen molar-refractivity contribution in [2.24, 2.45) is 0 Å². The van der Waals surface area contributed by atoms with E-state index in [0.29, 0.717) is 0 Å². The molecule has 0 unspecified atom stereocenters. The van der Waals surface area contributed by atoms with Crippen LogP contribution >= 0.6 is 0 Å². The summed E-state index contributed by atoms with van der Waals surface area (Å²) < 4.78 is 14.5. The zero-order chi connectivity index (χ0) is 18.6. The van der Waals surface area contributed by atoms with Gasteiger partial charge in [0.1, 0.15) is 18.7 Å². The summed E-state index contributed by atoms with van der Waals surface area (Å²) in [5.74, 6) is -0.367. The van der Waals surface area contributed by atoms with E-state index in [4.69, 9.17) is 0 Å². The molecule has 134 valence electrons. The van der Waals surface area contributed by atoms with E-state index in [1.165, 1.54) is 28.0 Å². The van der Waals surface area contributed by atoms with Gasteiger partial charge in [0, 0.05) is 14.1 Å². The highest BCUT2D eigenvalue weighted by atomic mass is 19.1. The summed E-state index contributed by atoms with van der Waals surface area (Å²) in [7, 11) is 3.29. The van der Waals surface area contributed by atoms with Gasteiger partial charge >= 0.3 is 6.03 Å². The van der Waals surface area contributed by atoms with Crippen LogP contribution < -0.4 is 10.6 Å². The number of likely N-dealkylation sites (N-methyl/N-ethyl adjacent to an activating group) is 1. The number of amides is 3. The fourth-order valence-electron chi connectivity index (χ4n) is 2.25. The number of halogens is 1. The predicted molar refractivity (Wildman–Crippen MR) is 90.4 cm³/mol. The van der Waals surface area contributed by atoms with Crippen LogP contribution in [0.1, 0.15) is 24.1 Å². The number of hydrogen-bond donors (Lipinski definition) is 2. The van der Waals surface area contributed by atoms with Crippen molar-refractivity contribution in [3.05, 3.63) is 41.5 Å². The lowest BCUT2D eigenvalue weighted by Crippen LogP contribution is -2.32. The van der Waals surface area contributed by atoms with Crippen LogP contribution in [0.2, 0.25) is 0 Å². The molecular formula is C16H21FN6O2. The quantitative estimate of drug-likeness (QED) is 0.860. The Bertz CT molecular complexity index is 774. The van der Waals surface area contributed by atoms with E-state index in [0.717, 1.165) is 11.1 Å². The van der Waals surface area contributed by atoms with Gasteiger partial charge in [0.05, 0.1) is 6.04 Å². The number of carbonyl (C=O) groups is 2. The molecule has 1 aromatic heterocycles. The van der Waals surface area contributed by atoms with Crippen molar-refractivity contribution in [3.63, 3.8) is 0 Å². The minimum atomic E-state index is -0.493. The number of benzene rings is 1. The van der Waals surface area contributed by atoms with Crippen molar-refractivity contribution >= 4 is 17.9 Å². The second-order valence-electron chi connectivity index (χ2n) is 5.87. The summed E-state index contributed by atoms with van der Waals surface area (Å²) >= 11 is 0. The molecule has 1 atom stereocenters. The van der Waals surface area contributed by atoms with Gasteiger partial charge in [-0.2, -0.15) is 0 Å². The van der Waals surface area contributed by atoms with E-state index in [2.05, 4.69) is 20.7 Å². The van der Waals surface area contributed by atoms with E-state index in [-0.39, 0.29) is 30.3 Å². The van der Waals surface area contributed by atoms with Crippen molar-refractivity contribution in [2.45, 2.75) is 26.4 Å². The summed E-state index contributed by atoms with van der Waals surface area (Å²) in [6, 6.07) is 3.58. The summed E-state index contributed by atoms with van der Waals surface area (Å²) in [6.07, 6.45) is 1.37. The number of aryl methyl sites for hydroxylation is 1. The lowest BCUT2D eigenvalue weighted by atomic mass is 10.0. The maximum absolute atomic E-state index is 13.2. The van der Waals surface area contributed by atoms with Gasteiger partial charge in [-0.25, -0.2) is 18.9 Å². The largest absolute Gasteiger partial charge is 0.347 e. The maximum Gasteiger partial charge on any atom is 0.322 e. The van der Waals surface area contributed by atoms with Gasteiger partial charge in [-0.15, -0.1) is 5.10 Å². The van der Waals surface area contributed by atoms with Crippen LogP contribution in [0.3, 0.4) is 0 Å². The second-order valence-corrected chi connectivity index (χ2v) is 5.87. The smallest absolute Gasteiger partial charge is 0.322 e. The minimum Gasteiger partial charge on any atom is -0.347 e. The lowest BCUT2D eigenvalue weighted by Gasteiger charge is -2.16. The molecule has 0 radical (unpaired) electrons. The standard InChI is InChI=1S/C16H21FN6O2/c1-10-7-12(17)5-6-13(10)11(2)19-16(25)20-15-18-9-23(21-15)8-14(24)22(3)4/h5-7,9,11H,8H2,1-4H3,(H2,19,20,21,25)/t11-/m0/s1. The Hall–Kier alpha value is -2.97. The fraction of sp³-hybridized carbons (Fsp3) is 0.375. The molecule has 1 heterocycles. The average Bonchev–Trinajstić information content (AvgIpc) is 2.93. The molecule has 0 saturated carbocycles. The number of nitrogens with zero attached hydrogens (tertiary/aromatic N) is 4. The normalized spacial score (nSPS) is 11.7. The topological polar surface area (TPSA) is 92.2 Å². The molecule has 25 heavy (non-hydrogen) atoms. The number of anilines is 1. The minimum absolute atomic E-state index is 0.0362. The number of urea groups is 1. The van der Waals surface area contributed by atoms with Crippen LogP contribution in [0, 0.1) is 12.7 Å². The maximum atomic E-state index is 13.2. The number of carbonyl (C=O) groups excluding carboxylic acids is 2. The summed E-state index contributed by atoms with van der Waals surface area (Å²) in [5.41, 5.74) is 1.56. The zero-order valence-corrected chi connectivity index (χ0v) is 14.6. The predicted octanol–water partition coefficient (Wildman–Crippen LogP) is 1.70. The van der Waals surface area contributed by atoms with Crippen LogP contribution in [0.5, 0.6) is 0 Å². The highest BCUT2D eigenvalue weighted by Crippen LogP contribution is 2.18. The van der Waals surface area contributed by atoms with E-state index in [1.54, 1.807) is 34.0 Å². The van der Waals surface area contributed by atoms with Crippen LogP contribution in [0.4, 0.5) is 15.1 Å². The number of aromatic nitrogens is 3. The Morgan fingerprint density at radius 1 is 1.36 bits per heavy atom. The molecule has 0 fully saturated rings. The third kappa shape index (κ3) is 5.00. The number of hydrogen-bond acceptors (Lipinski definition) is 4. The van der Waals surface area contributed by atoms with E-state index < -0.39 is 6.03 Å². The molecule has 0 bridgehead atoms. The zero-order valence-electron chi connectivity index (χ0n) is 14.6. The first-order valence-electron chi connectivity index (χ1n) is 7.69. The molecule has 0 saturated heterocycles. The lowest BCUT2D eigenvalue weighted by molar-refractivity contribution is -0.129. The monoisotopic (exact) mass is 348 g/mol. The van der Waals surface area contributed by atoms with Crippen molar-refractivity contribution in [1.29, 1.82) is 0 Å². The number of nitrogens with one attached hydrogen (secondary N) is 2. The SMILES string of the molecule is Cc1cc(F)ccc1[C@H](C)NC(=O)Nc1ncn(CC(=O)N(C)C)n1. The first kappa shape index (κ1) is 18.4.